The highest BCUT2D eigenvalue weighted by atomic mass is 16.2. The van der Waals surface area contributed by atoms with Gasteiger partial charge in [0.2, 0.25) is 5.91 Å². The first-order valence-electron chi connectivity index (χ1n) is 9.68. The number of benzene rings is 1. The summed E-state index contributed by atoms with van der Waals surface area (Å²) in [5, 5.41) is 4.55. The van der Waals surface area contributed by atoms with Crippen molar-refractivity contribution >= 4 is 5.91 Å². The molecule has 1 atom stereocenters. The standard InChI is InChI=1S/C22H29N5O/c1-15(2)21-23-10-11-26(21)18(5)22(28)25(6)14-19-8-7-9-20(13-19)27-17(4)12-16(3)24-27/h7-13,15,18H,14H2,1-6H3. The third kappa shape index (κ3) is 4.01. The highest BCUT2D eigenvalue weighted by molar-refractivity contribution is 5.80. The fraction of sp³-hybridized carbons (Fsp3) is 0.409. The molecular weight excluding hydrogens is 350 g/mol. The number of carbonyl (C=O) groups is 1. The molecule has 0 spiro atoms. The van der Waals surface area contributed by atoms with Crippen LogP contribution in [0.4, 0.5) is 0 Å². The molecule has 0 N–H and O–H groups in total. The topological polar surface area (TPSA) is 56.0 Å². The lowest BCUT2D eigenvalue weighted by atomic mass is 10.1. The zero-order valence-electron chi connectivity index (χ0n) is 17.5. The molecule has 1 unspecified atom stereocenters. The molecule has 6 heteroatoms. The second-order valence-corrected chi connectivity index (χ2v) is 7.73. The molecule has 6 nitrogen and oxygen atoms in total. The van der Waals surface area contributed by atoms with Gasteiger partial charge in [-0.2, -0.15) is 5.10 Å². The second-order valence-electron chi connectivity index (χ2n) is 7.73. The Morgan fingerprint density at radius 3 is 2.57 bits per heavy atom. The first-order chi connectivity index (χ1) is 13.3. The van der Waals surface area contributed by atoms with Crippen molar-refractivity contribution in [1.82, 2.24) is 24.2 Å². The fourth-order valence-corrected chi connectivity index (χ4v) is 3.57. The second kappa shape index (κ2) is 8.00. The maximum atomic E-state index is 13.0. The summed E-state index contributed by atoms with van der Waals surface area (Å²) >= 11 is 0. The number of nitrogens with zero attached hydrogens (tertiary/aromatic N) is 5. The van der Waals surface area contributed by atoms with Gasteiger partial charge in [0.1, 0.15) is 11.9 Å². The lowest BCUT2D eigenvalue weighted by Gasteiger charge is -2.24. The predicted molar refractivity (Wildman–Crippen MR) is 111 cm³/mol. The van der Waals surface area contributed by atoms with Crippen LogP contribution in [0, 0.1) is 13.8 Å². The van der Waals surface area contributed by atoms with Crippen molar-refractivity contribution in [2.75, 3.05) is 7.05 Å². The molecule has 0 aliphatic carbocycles. The van der Waals surface area contributed by atoms with Crippen molar-refractivity contribution in [2.24, 2.45) is 0 Å². The number of carbonyl (C=O) groups excluding carboxylic acids is 1. The fourth-order valence-electron chi connectivity index (χ4n) is 3.57. The summed E-state index contributed by atoms with van der Waals surface area (Å²) in [6.45, 7) is 10.7. The molecule has 2 heterocycles. The summed E-state index contributed by atoms with van der Waals surface area (Å²) in [4.78, 5) is 19.2. The van der Waals surface area contributed by atoms with Gasteiger partial charge in [-0.15, -0.1) is 0 Å². The lowest BCUT2D eigenvalue weighted by Crippen LogP contribution is -2.33. The van der Waals surface area contributed by atoms with Crippen LogP contribution in [-0.2, 0) is 11.3 Å². The number of likely N-dealkylation sites (N-methyl/N-ethyl adjacent to an activating group) is 1. The molecule has 0 radical (unpaired) electrons. The zero-order valence-corrected chi connectivity index (χ0v) is 17.5. The summed E-state index contributed by atoms with van der Waals surface area (Å²) < 4.78 is 3.90. The van der Waals surface area contributed by atoms with Crippen LogP contribution in [-0.4, -0.2) is 37.2 Å². The van der Waals surface area contributed by atoms with E-state index in [0.717, 1.165) is 28.5 Å². The Hall–Kier alpha value is -2.89. The number of aromatic nitrogens is 4. The zero-order chi connectivity index (χ0) is 20.4. The average molecular weight is 380 g/mol. The summed E-state index contributed by atoms with van der Waals surface area (Å²) in [6.07, 6.45) is 3.65. The van der Waals surface area contributed by atoms with Gasteiger partial charge in [0.05, 0.1) is 11.4 Å². The minimum Gasteiger partial charge on any atom is -0.340 e. The molecule has 0 aliphatic rings. The number of rotatable bonds is 6. The van der Waals surface area contributed by atoms with Crippen LogP contribution in [0.5, 0.6) is 0 Å². The lowest BCUT2D eigenvalue weighted by molar-refractivity contribution is -0.133. The summed E-state index contributed by atoms with van der Waals surface area (Å²) in [5.41, 5.74) is 4.16. The quantitative estimate of drug-likeness (QED) is 0.650. The van der Waals surface area contributed by atoms with E-state index in [1.165, 1.54) is 0 Å². The largest absolute Gasteiger partial charge is 0.340 e. The predicted octanol–water partition coefficient (Wildman–Crippen LogP) is 4.03. The maximum Gasteiger partial charge on any atom is 0.245 e. The summed E-state index contributed by atoms with van der Waals surface area (Å²) in [6, 6.07) is 9.94. The number of hydrogen-bond donors (Lipinski definition) is 0. The highest BCUT2D eigenvalue weighted by Gasteiger charge is 2.22. The summed E-state index contributed by atoms with van der Waals surface area (Å²) in [7, 11) is 1.85. The molecule has 2 aromatic heterocycles. The Kier molecular flexibility index (Phi) is 5.68. The van der Waals surface area contributed by atoms with E-state index in [2.05, 4.69) is 36.1 Å². The van der Waals surface area contributed by atoms with Gasteiger partial charge in [0.15, 0.2) is 0 Å². The number of imidazole rings is 1. The van der Waals surface area contributed by atoms with Crippen LogP contribution >= 0.6 is 0 Å². The third-order valence-corrected chi connectivity index (χ3v) is 4.95. The van der Waals surface area contributed by atoms with E-state index in [4.69, 9.17) is 0 Å². The molecule has 3 rings (SSSR count). The molecule has 0 saturated heterocycles. The van der Waals surface area contributed by atoms with Crippen molar-refractivity contribution in [3.05, 3.63) is 65.5 Å². The Bertz CT molecular complexity index is 969. The minimum atomic E-state index is -0.288. The van der Waals surface area contributed by atoms with Gasteiger partial charge in [-0.1, -0.05) is 26.0 Å². The van der Waals surface area contributed by atoms with E-state index in [0.29, 0.717) is 6.54 Å². The third-order valence-electron chi connectivity index (χ3n) is 4.95. The first-order valence-corrected chi connectivity index (χ1v) is 9.68. The molecule has 0 aliphatic heterocycles. The van der Waals surface area contributed by atoms with Crippen LogP contribution in [0.1, 0.15) is 55.5 Å². The molecule has 3 aromatic rings. The van der Waals surface area contributed by atoms with Gasteiger partial charge in [-0.25, -0.2) is 9.67 Å². The van der Waals surface area contributed by atoms with E-state index in [1.54, 1.807) is 11.1 Å². The van der Waals surface area contributed by atoms with E-state index in [-0.39, 0.29) is 17.9 Å². The van der Waals surface area contributed by atoms with E-state index < -0.39 is 0 Å². The van der Waals surface area contributed by atoms with Crippen molar-refractivity contribution in [2.45, 2.75) is 53.1 Å². The molecule has 0 saturated carbocycles. The normalized spacial score (nSPS) is 12.4. The van der Waals surface area contributed by atoms with Crippen LogP contribution in [0.15, 0.2) is 42.7 Å². The Labute approximate surface area is 166 Å². The van der Waals surface area contributed by atoms with Crippen LogP contribution < -0.4 is 0 Å². The SMILES string of the molecule is Cc1cc(C)n(-c2cccc(CN(C)C(=O)C(C)n3ccnc3C(C)C)c2)n1. The van der Waals surface area contributed by atoms with Crippen LogP contribution in [0.2, 0.25) is 0 Å². The average Bonchev–Trinajstić information content (AvgIpc) is 3.27. The Morgan fingerprint density at radius 1 is 1.18 bits per heavy atom. The highest BCUT2D eigenvalue weighted by Crippen LogP contribution is 2.20. The summed E-state index contributed by atoms with van der Waals surface area (Å²) in [5.74, 6) is 1.27. The minimum absolute atomic E-state index is 0.0661. The van der Waals surface area contributed by atoms with Gasteiger partial charge < -0.3 is 9.47 Å². The van der Waals surface area contributed by atoms with Crippen molar-refractivity contribution in [1.29, 1.82) is 0 Å². The smallest absolute Gasteiger partial charge is 0.245 e. The molecule has 1 amide bonds. The maximum absolute atomic E-state index is 13.0. The number of aryl methyl sites for hydroxylation is 2. The van der Waals surface area contributed by atoms with Gasteiger partial charge in [-0.3, -0.25) is 4.79 Å². The van der Waals surface area contributed by atoms with E-state index in [1.807, 2.05) is 61.5 Å². The van der Waals surface area contributed by atoms with Crippen molar-refractivity contribution in [3.63, 3.8) is 0 Å². The first kappa shape index (κ1) is 19.9. The van der Waals surface area contributed by atoms with E-state index >= 15 is 0 Å². The Morgan fingerprint density at radius 2 is 1.93 bits per heavy atom. The van der Waals surface area contributed by atoms with Crippen molar-refractivity contribution in [3.8, 4) is 5.69 Å². The molecule has 0 fully saturated rings. The molecule has 0 bridgehead atoms. The van der Waals surface area contributed by atoms with Crippen LogP contribution in [0.25, 0.3) is 5.69 Å². The van der Waals surface area contributed by atoms with Crippen molar-refractivity contribution < 1.29 is 4.79 Å². The van der Waals surface area contributed by atoms with Gasteiger partial charge in [-0.05, 0) is 44.5 Å². The molecule has 148 valence electrons. The van der Waals surface area contributed by atoms with E-state index in [9.17, 15) is 4.79 Å². The molecule has 1 aromatic carbocycles. The van der Waals surface area contributed by atoms with Gasteiger partial charge >= 0.3 is 0 Å². The number of hydrogen-bond acceptors (Lipinski definition) is 3. The van der Waals surface area contributed by atoms with Gasteiger partial charge in [0.25, 0.3) is 0 Å². The molecular formula is C22H29N5O. The van der Waals surface area contributed by atoms with Gasteiger partial charge in [0, 0.05) is 37.6 Å². The molecule has 28 heavy (non-hydrogen) atoms. The number of amides is 1. The van der Waals surface area contributed by atoms with Crippen LogP contribution in [0.3, 0.4) is 0 Å². The monoisotopic (exact) mass is 379 g/mol. The Balaban J connectivity index is 1.76.